The summed E-state index contributed by atoms with van der Waals surface area (Å²) in [5.41, 5.74) is 1.76. The van der Waals surface area contributed by atoms with Crippen molar-refractivity contribution in [3.8, 4) is 11.8 Å². The zero-order valence-electron chi connectivity index (χ0n) is 10.5. The predicted octanol–water partition coefficient (Wildman–Crippen LogP) is 1.24. The number of carbonyl (C=O) groups is 1. The molecule has 4 heteroatoms. The molecule has 0 atom stereocenters. The second kappa shape index (κ2) is 8.15. The third-order valence-electron chi connectivity index (χ3n) is 2.29. The van der Waals surface area contributed by atoms with Crippen LogP contribution in [0.1, 0.15) is 24.5 Å². The van der Waals surface area contributed by atoms with Crippen molar-refractivity contribution in [2.75, 3.05) is 13.2 Å². The highest BCUT2D eigenvalue weighted by atomic mass is 16.2. The highest BCUT2D eigenvalue weighted by Crippen LogP contribution is 2.06. The van der Waals surface area contributed by atoms with Gasteiger partial charge in [-0.2, -0.15) is 0 Å². The summed E-state index contributed by atoms with van der Waals surface area (Å²) in [6.45, 7) is 2.92. The standard InChI is InChI=1S/C14H18N2O2/c1-2-9-15-14(18)16-11-13-7-4-3-6-12(13)8-5-10-17/h3-4,6-7,17H,2,9-11H2,1H3,(H2,15,16,18). The molecule has 0 aliphatic carbocycles. The Morgan fingerprint density at radius 2 is 2.11 bits per heavy atom. The van der Waals surface area contributed by atoms with Crippen LogP contribution in [0.3, 0.4) is 0 Å². The Morgan fingerprint density at radius 3 is 2.83 bits per heavy atom. The number of urea groups is 1. The van der Waals surface area contributed by atoms with Gasteiger partial charge >= 0.3 is 6.03 Å². The van der Waals surface area contributed by atoms with E-state index in [0.717, 1.165) is 17.5 Å². The summed E-state index contributed by atoms with van der Waals surface area (Å²) >= 11 is 0. The SMILES string of the molecule is CCCNC(=O)NCc1ccccc1C#CCO. The first kappa shape index (κ1) is 14.1. The molecule has 0 saturated carbocycles. The van der Waals surface area contributed by atoms with Crippen molar-refractivity contribution in [2.24, 2.45) is 0 Å². The van der Waals surface area contributed by atoms with Gasteiger partial charge in [0.25, 0.3) is 0 Å². The van der Waals surface area contributed by atoms with E-state index in [2.05, 4.69) is 22.5 Å². The number of carbonyl (C=O) groups excluding carboxylic acids is 1. The van der Waals surface area contributed by atoms with Crippen LogP contribution in [0.5, 0.6) is 0 Å². The maximum absolute atomic E-state index is 11.4. The third kappa shape index (κ3) is 4.89. The Balaban J connectivity index is 2.58. The van der Waals surface area contributed by atoms with E-state index in [-0.39, 0.29) is 12.6 Å². The molecule has 1 aromatic rings. The molecular formula is C14H18N2O2. The maximum atomic E-state index is 11.4. The van der Waals surface area contributed by atoms with Crippen molar-refractivity contribution in [3.63, 3.8) is 0 Å². The van der Waals surface area contributed by atoms with Gasteiger partial charge in [-0.1, -0.05) is 37.0 Å². The van der Waals surface area contributed by atoms with E-state index >= 15 is 0 Å². The Bertz CT molecular complexity index is 447. The summed E-state index contributed by atoms with van der Waals surface area (Å²) in [7, 11) is 0. The minimum absolute atomic E-state index is 0.168. The normalized spacial score (nSPS) is 9.22. The topological polar surface area (TPSA) is 61.4 Å². The molecule has 3 N–H and O–H groups in total. The number of hydrogen-bond donors (Lipinski definition) is 3. The second-order valence-corrected chi connectivity index (χ2v) is 3.73. The average Bonchev–Trinajstić information content (AvgIpc) is 2.41. The fraction of sp³-hybridized carbons (Fsp3) is 0.357. The summed E-state index contributed by atoms with van der Waals surface area (Å²) in [6.07, 6.45) is 0.909. The van der Waals surface area contributed by atoms with E-state index in [1.54, 1.807) is 0 Å². The molecule has 1 rings (SSSR count). The largest absolute Gasteiger partial charge is 0.384 e. The second-order valence-electron chi connectivity index (χ2n) is 3.73. The first-order chi connectivity index (χ1) is 8.77. The van der Waals surface area contributed by atoms with Crippen LogP contribution < -0.4 is 10.6 Å². The van der Waals surface area contributed by atoms with Gasteiger partial charge in [0.15, 0.2) is 0 Å². The smallest absolute Gasteiger partial charge is 0.315 e. The molecule has 18 heavy (non-hydrogen) atoms. The van der Waals surface area contributed by atoms with Crippen LogP contribution in [0.4, 0.5) is 4.79 Å². The van der Waals surface area contributed by atoms with E-state index in [0.29, 0.717) is 13.1 Å². The Morgan fingerprint density at radius 1 is 1.33 bits per heavy atom. The minimum atomic E-state index is -0.179. The summed E-state index contributed by atoms with van der Waals surface area (Å²) in [6, 6.07) is 7.36. The summed E-state index contributed by atoms with van der Waals surface area (Å²) in [4.78, 5) is 11.4. The fourth-order valence-electron chi connectivity index (χ4n) is 1.41. The van der Waals surface area contributed by atoms with Gasteiger partial charge in [0, 0.05) is 18.7 Å². The molecule has 0 heterocycles. The molecule has 2 amide bonds. The first-order valence-corrected chi connectivity index (χ1v) is 5.97. The maximum Gasteiger partial charge on any atom is 0.315 e. The fourth-order valence-corrected chi connectivity index (χ4v) is 1.41. The molecule has 0 fully saturated rings. The van der Waals surface area contributed by atoms with Crippen molar-refractivity contribution in [1.82, 2.24) is 10.6 Å². The van der Waals surface area contributed by atoms with Gasteiger partial charge in [0.2, 0.25) is 0 Å². The molecule has 0 unspecified atom stereocenters. The summed E-state index contributed by atoms with van der Waals surface area (Å²) in [5.74, 6) is 5.46. The van der Waals surface area contributed by atoms with Crippen LogP contribution in [-0.2, 0) is 6.54 Å². The number of amides is 2. The molecule has 4 nitrogen and oxygen atoms in total. The lowest BCUT2D eigenvalue weighted by atomic mass is 10.1. The molecule has 0 saturated heterocycles. The van der Waals surface area contributed by atoms with Crippen LogP contribution in [0.2, 0.25) is 0 Å². The Hall–Kier alpha value is -1.99. The average molecular weight is 246 g/mol. The molecule has 0 radical (unpaired) electrons. The van der Waals surface area contributed by atoms with Crippen molar-refractivity contribution >= 4 is 6.03 Å². The zero-order chi connectivity index (χ0) is 13.2. The van der Waals surface area contributed by atoms with E-state index in [1.165, 1.54) is 0 Å². The van der Waals surface area contributed by atoms with Crippen molar-refractivity contribution in [1.29, 1.82) is 0 Å². The van der Waals surface area contributed by atoms with E-state index in [4.69, 9.17) is 5.11 Å². The molecule has 0 spiro atoms. The third-order valence-corrected chi connectivity index (χ3v) is 2.29. The number of aliphatic hydroxyl groups is 1. The number of rotatable bonds is 4. The number of benzene rings is 1. The van der Waals surface area contributed by atoms with Crippen LogP contribution in [0.15, 0.2) is 24.3 Å². The van der Waals surface area contributed by atoms with Gasteiger partial charge in [-0.15, -0.1) is 0 Å². The van der Waals surface area contributed by atoms with Gasteiger partial charge in [0.1, 0.15) is 6.61 Å². The van der Waals surface area contributed by atoms with Crippen molar-refractivity contribution < 1.29 is 9.90 Å². The van der Waals surface area contributed by atoms with Crippen LogP contribution in [0.25, 0.3) is 0 Å². The lowest BCUT2D eigenvalue weighted by Crippen LogP contribution is -2.35. The van der Waals surface area contributed by atoms with Gasteiger partial charge < -0.3 is 15.7 Å². The zero-order valence-corrected chi connectivity index (χ0v) is 10.5. The van der Waals surface area contributed by atoms with Crippen LogP contribution >= 0.6 is 0 Å². The highest BCUT2D eigenvalue weighted by Gasteiger charge is 2.02. The Labute approximate surface area is 107 Å². The van der Waals surface area contributed by atoms with E-state index in [1.807, 2.05) is 31.2 Å². The molecule has 96 valence electrons. The molecular weight excluding hydrogens is 228 g/mol. The van der Waals surface area contributed by atoms with Gasteiger partial charge in [-0.05, 0) is 18.1 Å². The predicted molar refractivity (Wildman–Crippen MR) is 70.9 cm³/mol. The number of aliphatic hydroxyl groups excluding tert-OH is 1. The van der Waals surface area contributed by atoms with Crippen LogP contribution in [-0.4, -0.2) is 24.3 Å². The van der Waals surface area contributed by atoms with Gasteiger partial charge in [-0.25, -0.2) is 4.79 Å². The van der Waals surface area contributed by atoms with Crippen molar-refractivity contribution in [2.45, 2.75) is 19.9 Å². The first-order valence-electron chi connectivity index (χ1n) is 5.97. The summed E-state index contributed by atoms with van der Waals surface area (Å²) in [5, 5.41) is 14.2. The lowest BCUT2D eigenvalue weighted by Gasteiger charge is -2.08. The van der Waals surface area contributed by atoms with E-state index in [9.17, 15) is 4.79 Å². The molecule has 0 aliphatic rings. The van der Waals surface area contributed by atoms with E-state index < -0.39 is 0 Å². The molecule has 0 aliphatic heterocycles. The van der Waals surface area contributed by atoms with Crippen molar-refractivity contribution in [3.05, 3.63) is 35.4 Å². The molecule has 0 aromatic heterocycles. The van der Waals surface area contributed by atoms with Gasteiger partial charge in [-0.3, -0.25) is 0 Å². The number of hydrogen-bond acceptors (Lipinski definition) is 2. The Kier molecular flexibility index (Phi) is 6.37. The number of nitrogens with one attached hydrogen (secondary N) is 2. The van der Waals surface area contributed by atoms with Crippen LogP contribution in [0, 0.1) is 11.8 Å². The lowest BCUT2D eigenvalue weighted by molar-refractivity contribution is 0.240. The quantitative estimate of drug-likeness (QED) is 0.700. The molecule has 0 bridgehead atoms. The monoisotopic (exact) mass is 246 g/mol. The van der Waals surface area contributed by atoms with Gasteiger partial charge in [0.05, 0.1) is 0 Å². The molecule has 1 aromatic carbocycles. The summed E-state index contributed by atoms with van der Waals surface area (Å²) < 4.78 is 0. The highest BCUT2D eigenvalue weighted by molar-refractivity contribution is 5.73. The minimum Gasteiger partial charge on any atom is -0.384 e.